The van der Waals surface area contributed by atoms with E-state index in [-0.39, 0.29) is 0 Å². The Hall–Kier alpha value is -0.100. The number of amides is 1. The maximum atomic E-state index is 10.7. The molecule has 0 bridgehead atoms. The maximum absolute atomic E-state index is 10.7. The molecule has 0 saturated carbocycles. The van der Waals surface area contributed by atoms with Gasteiger partial charge in [0.05, 0.1) is 0 Å². The van der Waals surface area contributed by atoms with E-state index in [1.807, 2.05) is 11.8 Å². The van der Waals surface area contributed by atoms with Gasteiger partial charge in [-0.3, -0.25) is 4.79 Å². The van der Waals surface area contributed by atoms with Gasteiger partial charge in [-0.2, -0.15) is 0 Å². The first-order valence-electron chi connectivity index (χ1n) is 2.87. The summed E-state index contributed by atoms with van der Waals surface area (Å²) in [5.41, 5.74) is 0.354. The zero-order valence-corrected chi connectivity index (χ0v) is 5.98. The van der Waals surface area contributed by atoms with E-state index in [4.69, 9.17) is 0 Å². The van der Waals surface area contributed by atoms with Crippen LogP contribution < -0.4 is 0 Å². The van der Waals surface area contributed by atoms with Crippen LogP contribution in [0.15, 0.2) is 0 Å². The van der Waals surface area contributed by atoms with Gasteiger partial charge in [-0.15, -0.1) is 0 Å². The molecule has 1 unspecified atom stereocenters. The lowest BCUT2D eigenvalue weighted by Crippen LogP contribution is -2.21. The van der Waals surface area contributed by atoms with Gasteiger partial charge in [0.2, 0.25) is 5.65 Å². The van der Waals surface area contributed by atoms with Crippen molar-refractivity contribution in [3.8, 4) is 0 Å². The molecular formula is C5H10NOP. The van der Waals surface area contributed by atoms with E-state index >= 15 is 0 Å². The van der Waals surface area contributed by atoms with Crippen molar-refractivity contribution in [2.75, 3.05) is 19.3 Å². The molecule has 0 aromatic carbocycles. The summed E-state index contributed by atoms with van der Waals surface area (Å²) in [5, 5.41) is 0. The molecule has 3 heteroatoms. The monoisotopic (exact) mass is 131 g/mol. The van der Waals surface area contributed by atoms with Crippen LogP contribution in [0.4, 0.5) is 4.79 Å². The minimum absolute atomic E-state index is 0.354. The van der Waals surface area contributed by atoms with Crippen LogP contribution in [0.25, 0.3) is 0 Å². The highest BCUT2D eigenvalue weighted by molar-refractivity contribution is 7.58. The van der Waals surface area contributed by atoms with E-state index in [0.29, 0.717) is 14.2 Å². The Kier molecular flexibility index (Phi) is 1.85. The predicted octanol–water partition coefficient (Wildman–Crippen LogP) is 1.12. The highest BCUT2D eigenvalue weighted by Crippen LogP contribution is 2.22. The summed E-state index contributed by atoms with van der Waals surface area (Å²) < 4.78 is 0. The Morgan fingerprint density at radius 3 is 2.88 bits per heavy atom. The minimum Gasteiger partial charge on any atom is -0.339 e. The van der Waals surface area contributed by atoms with Crippen LogP contribution in [0.1, 0.15) is 6.92 Å². The molecule has 1 aliphatic heterocycles. The predicted molar refractivity (Wildman–Crippen MR) is 35.8 cm³/mol. The number of carbonyl (C=O) groups is 1. The third-order valence-electron chi connectivity index (χ3n) is 1.33. The fourth-order valence-corrected chi connectivity index (χ4v) is 1.90. The first-order valence-corrected chi connectivity index (χ1v) is 4.08. The lowest BCUT2D eigenvalue weighted by atomic mass is 10.6. The zero-order chi connectivity index (χ0) is 5.98. The molecule has 2 nitrogen and oxygen atoms in total. The van der Waals surface area contributed by atoms with Crippen LogP contribution in [0.2, 0.25) is 0 Å². The Morgan fingerprint density at radius 2 is 2.62 bits per heavy atom. The number of carbonyl (C=O) groups excluding carboxylic acids is 1. The molecule has 46 valence electrons. The third-order valence-corrected chi connectivity index (χ3v) is 2.42. The summed E-state index contributed by atoms with van der Waals surface area (Å²) in [5.74, 6) is 0. The SMILES string of the molecule is CCN1CCPC1=O. The molecule has 0 aromatic heterocycles. The van der Waals surface area contributed by atoms with Crippen LogP contribution >= 0.6 is 8.58 Å². The second-order valence-electron chi connectivity index (χ2n) is 1.81. The molecule has 1 heterocycles. The highest BCUT2D eigenvalue weighted by atomic mass is 31.1. The average molecular weight is 131 g/mol. The summed E-state index contributed by atoms with van der Waals surface area (Å²) in [6, 6.07) is 0. The fraction of sp³-hybridized carbons (Fsp3) is 0.800. The fourth-order valence-electron chi connectivity index (χ4n) is 0.813. The van der Waals surface area contributed by atoms with Crippen molar-refractivity contribution in [2.24, 2.45) is 0 Å². The second-order valence-corrected chi connectivity index (χ2v) is 3.09. The van der Waals surface area contributed by atoms with Gasteiger partial charge in [-0.25, -0.2) is 0 Å². The van der Waals surface area contributed by atoms with E-state index in [9.17, 15) is 4.79 Å². The van der Waals surface area contributed by atoms with Crippen LogP contribution in [-0.2, 0) is 0 Å². The molecule has 0 N–H and O–H groups in total. The molecule has 0 aliphatic carbocycles. The van der Waals surface area contributed by atoms with Crippen molar-refractivity contribution >= 4 is 14.2 Å². The van der Waals surface area contributed by atoms with Crippen LogP contribution in [-0.4, -0.2) is 29.8 Å². The van der Waals surface area contributed by atoms with Gasteiger partial charge in [0, 0.05) is 13.1 Å². The van der Waals surface area contributed by atoms with Gasteiger partial charge < -0.3 is 4.90 Å². The van der Waals surface area contributed by atoms with E-state index in [2.05, 4.69) is 0 Å². The second kappa shape index (κ2) is 2.45. The Balaban J connectivity index is 2.42. The molecule has 0 radical (unpaired) electrons. The van der Waals surface area contributed by atoms with Gasteiger partial charge in [0.1, 0.15) is 0 Å². The first kappa shape index (κ1) is 6.03. The van der Waals surface area contributed by atoms with Crippen molar-refractivity contribution in [1.29, 1.82) is 0 Å². The maximum Gasteiger partial charge on any atom is 0.240 e. The molecule has 1 rings (SSSR count). The molecule has 0 spiro atoms. The van der Waals surface area contributed by atoms with Crippen molar-refractivity contribution in [1.82, 2.24) is 4.90 Å². The molecule has 8 heavy (non-hydrogen) atoms. The third kappa shape index (κ3) is 1.00. The van der Waals surface area contributed by atoms with E-state index < -0.39 is 0 Å². The first-order chi connectivity index (χ1) is 3.84. The largest absolute Gasteiger partial charge is 0.339 e. The van der Waals surface area contributed by atoms with Gasteiger partial charge >= 0.3 is 0 Å². The highest BCUT2D eigenvalue weighted by Gasteiger charge is 2.16. The van der Waals surface area contributed by atoms with Gasteiger partial charge in [0.15, 0.2) is 0 Å². The van der Waals surface area contributed by atoms with E-state index in [1.165, 1.54) is 0 Å². The average Bonchev–Trinajstić information content (AvgIpc) is 2.14. The van der Waals surface area contributed by atoms with Crippen molar-refractivity contribution in [2.45, 2.75) is 6.92 Å². The Labute approximate surface area is 51.0 Å². The quantitative estimate of drug-likeness (QED) is 0.488. The molecule has 1 fully saturated rings. The van der Waals surface area contributed by atoms with Crippen LogP contribution in [0.3, 0.4) is 0 Å². The molecule has 1 aliphatic rings. The van der Waals surface area contributed by atoms with Gasteiger partial charge in [0.25, 0.3) is 0 Å². The Bertz CT molecular complexity index is 105. The number of hydrogen-bond acceptors (Lipinski definition) is 1. The summed E-state index contributed by atoms with van der Waals surface area (Å²) >= 11 is 0. The van der Waals surface area contributed by atoms with Gasteiger partial charge in [-0.1, -0.05) is 0 Å². The zero-order valence-electron chi connectivity index (χ0n) is 4.98. The molecule has 0 aromatic rings. The summed E-state index contributed by atoms with van der Waals surface area (Å²) in [6.45, 7) is 3.91. The minimum atomic E-state index is 0.354. The smallest absolute Gasteiger partial charge is 0.240 e. The van der Waals surface area contributed by atoms with Crippen LogP contribution in [0, 0.1) is 0 Å². The van der Waals surface area contributed by atoms with E-state index in [1.54, 1.807) is 0 Å². The molecular weight excluding hydrogens is 121 g/mol. The van der Waals surface area contributed by atoms with Crippen molar-refractivity contribution in [3.05, 3.63) is 0 Å². The number of rotatable bonds is 1. The number of nitrogens with zero attached hydrogens (tertiary/aromatic N) is 1. The Morgan fingerprint density at radius 1 is 1.88 bits per heavy atom. The topological polar surface area (TPSA) is 20.3 Å². The van der Waals surface area contributed by atoms with Crippen molar-refractivity contribution in [3.63, 3.8) is 0 Å². The summed E-state index contributed by atoms with van der Waals surface area (Å²) in [7, 11) is 0.557. The lowest BCUT2D eigenvalue weighted by Gasteiger charge is -2.09. The summed E-state index contributed by atoms with van der Waals surface area (Å²) in [4.78, 5) is 12.6. The molecule has 1 atom stereocenters. The molecule has 1 amide bonds. The standard InChI is InChI=1S/C5H10NOP/c1-2-6-3-4-8-5(6)7/h8H,2-4H2,1H3. The van der Waals surface area contributed by atoms with E-state index in [0.717, 1.165) is 19.3 Å². The molecule has 1 saturated heterocycles. The van der Waals surface area contributed by atoms with Crippen molar-refractivity contribution < 1.29 is 4.79 Å². The lowest BCUT2D eigenvalue weighted by molar-refractivity contribution is 0.232. The number of hydrogen-bond donors (Lipinski definition) is 0. The normalized spacial score (nSPS) is 23.1. The van der Waals surface area contributed by atoms with Gasteiger partial charge in [-0.05, 0) is 21.7 Å². The van der Waals surface area contributed by atoms with Crippen LogP contribution in [0.5, 0.6) is 0 Å². The summed E-state index contributed by atoms with van der Waals surface area (Å²) in [6.07, 6.45) is 1.09.